The minimum Gasteiger partial charge on any atom is -0.437 e. The van der Waals surface area contributed by atoms with Crippen molar-refractivity contribution in [2.45, 2.75) is 12.9 Å². The van der Waals surface area contributed by atoms with Crippen LogP contribution in [-0.4, -0.2) is 16.6 Å². The molecule has 0 saturated heterocycles. The maximum atomic E-state index is 12.0. The van der Waals surface area contributed by atoms with Crippen LogP contribution in [0.25, 0.3) is 0 Å². The van der Waals surface area contributed by atoms with E-state index in [4.69, 9.17) is 10.5 Å². The molecular weight excluding hydrogens is 275 g/mol. The van der Waals surface area contributed by atoms with E-state index in [9.17, 15) is 13.2 Å². The van der Waals surface area contributed by atoms with E-state index in [0.717, 1.165) is 12.1 Å². The number of aromatic nitrogens is 2. The molecule has 5 nitrogen and oxygen atoms in total. The van der Waals surface area contributed by atoms with Gasteiger partial charge in [-0.15, -0.1) is 18.3 Å². The van der Waals surface area contributed by atoms with Crippen LogP contribution < -0.4 is 15.2 Å². The van der Waals surface area contributed by atoms with Gasteiger partial charge in [0.2, 0.25) is 5.88 Å². The van der Waals surface area contributed by atoms with Crippen molar-refractivity contribution < 1.29 is 22.6 Å². The lowest BCUT2D eigenvalue weighted by Crippen LogP contribution is -2.16. The number of hydrogen-bond donors (Lipinski definition) is 1. The van der Waals surface area contributed by atoms with Gasteiger partial charge in [-0.05, 0) is 30.3 Å². The highest BCUT2D eigenvalue weighted by molar-refractivity contribution is 5.35. The molecule has 2 rings (SSSR count). The Morgan fingerprint density at radius 3 is 2.30 bits per heavy atom. The summed E-state index contributed by atoms with van der Waals surface area (Å²) in [5.41, 5.74) is 6.14. The molecular formula is C12H10F3N3O2. The Morgan fingerprint density at radius 2 is 1.70 bits per heavy atom. The number of ether oxygens (including phenoxy) is 2. The number of nitrogens with two attached hydrogens (primary N) is 1. The smallest absolute Gasteiger partial charge is 0.437 e. The lowest BCUT2D eigenvalue weighted by molar-refractivity contribution is -0.274. The van der Waals surface area contributed by atoms with E-state index in [-0.39, 0.29) is 18.2 Å². The second-order valence-corrected chi connectivity index (χ2v) is 3.69. The first-order chi connectivity index (χ1) is 9.48. The molecule has 8 heteroatoms. The summed E-state index contributed by atoms with van der Waals surface area (Å²) < 4.78 is 45.1. The summed E-state index contributed by atoms with van der Waals surface area (Å²) in [6.45, 7) is 0.208. The molecule has 0 atom stereocenters. The molecule has 0 aliphatic carbocycles. The minimum absolute atomic E-state index is 0.208. The standard InChI is InChI=1S/C12H10F3N3O2/c13-12(14,15)20-10-3-1-9(2-4-10)19-11-8(7-16)5-6-17-18-11/h1-6H,7,16H2. The van der Waals surface area contributed by atoms with Crippen molar-refractivity contribution in [3.05, 3.63) is 42.1 Å². The Balaban J connectivity index is 2.11. The number of alkyl halides is 3. The predicted molar refractivity (Wildman–Crippen MR) is 63.1 cm³/mol. The molecule has 0 saturated carbocycles. The van der Waals surface area contributed by atoms with E-state index in [1.54, 1.807) is 6.07 Å². The van der Waals surface area contributed by atoms with Gasteiger partial charge in [-0.2, -0.15) is 5.10 Å². The van der Waals surface area contributed by atoms with Crippen LogP contribution in [0, 0.1) is 0 Å². The van der Waals surface area contributed by atoms with Crippen LogP contribution in [0.1, 0.15) is 5.56 Å². The first-order valence-electron chi connectivity index (χ1n) is 5.52. The Hall–Kier alpha value is -2.35. The number of benzene rings is 1. The zero-order valence-electron chi connectivity index (χ0n) is 10.1. The van der Waals surface area contributed by atoms with Crippen molar-refractivity contribution >= 4 is 0 Å². The Labute approximate surface area is 112 Å². The van der Waals surface area contributed by atoms with E-state index in [2.05, 4.69) is 14.9 Å². The molecule has 1 heterocycles. The Bertz CT molecular complexity index is 573. The van der Waals surface area contributed by atoms with Crippen LogP contribution in [0.5, 0.6) is 17.4 Å². The molecule has 106 valence electrons. The van der Waals surface area contributed by atoms with Crippen molar-refractivity contribution in [3.63, 3.8) is 0 Å². The maximum Gasteiger partial charge on any atom is 0.573 e. The fraction of sp³-hybridized carbons (Fsp3) is 0.167. The van der Waals surface area contributed by atoms with E-state index in [0.29, 0.717) is 11.3 Å². The van der Waals surface area contributed by atoms with Gasteiger partial charge in [-0.1, -0.05) is 0 Å². The fourth-order valence-corrected chi connectivity index (χ4v) is 1.41. The molecule has 0 bridgehead atoms. The highest BCUT2D eigenvalue weighted by Crippen LogP contribution is 2.27. The predicted octanol–water partition coefficient (Wildman–Crippen LogP) is 2.63. The Kier molecular flexibility index (Phi) is 4.04. The molecule has 0 amide bonds. The van der Waals surface area contributed by atoms with Gasteiger partial charge in [0, 0.05) is 12.1 Å². The lowest BCUT2D eigenvalue weighted by Gasteiger charge is -2.10. The van der Waals surface area contributed by atoms with Gasteiger partial charge in [-0.25, -0.2) is 0 Å². The third kappa shape index (κ3) is 3.82. The number of nitrogens with zero attached hydrogens (tertiary/aromatic N) is 2. The highest BCUT2D eigenvalue weighted by atomic mass is 19.4. The van der Waals surface area contributed by atoms with Crippen LogP contribution in [0.4, 0.5) is 13.2 Å². The van der Waals surface area contributed by atoms with Crippen molar-refractivity contribution in [2.75, 3.05) is 0 Å². The molecule has 0 fully saturated rings. The third-order valence-electron chi connectivity index (χ3n) is 2.26. The Morgan fingerprint density at radius 1 is 1.05 bits per heavy atom. The van der Waals surface area contributed by atoms with Crippen LogP contribution in [0.15, 0.2) is 36.5 Å². The van der Waals surface area contributed by atoms with Crippen molar-refractivity contribution in [3.8, 4) is 17.4 Å². The fourth-order valence-electron chi connectivity index (χ4n) is 1.41. The summed E-state index contributed by atoms with van der Waals surface area (Å²) in [5.74, 6) is 0.178. The van der Waals surface area contributed by atoms with E-state index in [1.165, 1.54) is 18.3 Å². The quantitative estimate of drug-likeness (QED) is 0.935. The second kappa shape index (κ2) is 5.74. The van der Waals surface area contributed by atoms with Gasteiger partial charge in [0.1, 0.15) is 11.5 Å². The van der Waals surface area contributed by atoms with Crippen molar-refractivity contribution in [1.29, 1.82) is 0 Å². The first-order valence-corrected chi connectivity index (χ1v) is 5.52. The minimum atomic E-state index is -4.72. The van der Waals surface area contributed by atoms with Crippen LogP contribution in [0.3, 0.4) is 0 Å². The zero-order valence-corrected chi connectivity index (χ0v) is 10.1. The summed E-state index contributed by atoms with van der Waals surface area (Å²) in [4.78, 5) is 0. The molecule has 0 aliphatic heterocycles. The van der Waals surface area contributed by atoms with E-state index < -0.39 is 6.36 Å². The van der Waals surface area contributed by atoms with Gasteiger partial charge in [0.05, 0.1) is 6.20 Å². The average molecular weight is 285 g/mol. The first kappa shape index (κ1) is 14.1. The topological polar surface area (TPSA) is 70.3 Å². The van der Waals surface area contributed by atoms with Crippen molar-refractivity contribution in [1.82, 2.24) is 10.2 Å². The van der Waals surface area contributed by atoms with Gasteiger partial charge in [0.25, 0.3) is 0 Å². The van der Waals surface area contributed by atoms with Gasteiger partial charge >= 0.3 is 6.36 Å². The molecule has 0 radical (unpaired) electrons. The highest BCUT2D eigenvalue weighted by Gasteiger charge is 2.30. The SMILES string of the molecule is NCc1ccnnc1Oc1ccc(OC(F)(F)F)cc1. The number of rotatable bonds is 4. The number of hydrogen-bond acceptors (Lipinski definition) is 5. The average Bonchev–Trinajstić information content (AvgIpc) is 2.40. The molecule has 1 aromatic carbocycles. The van der Waals surface area contributed by atoms with Crippen molar-refractivity contribution in [2.24, 2.45) is 5.73 Å². The summed E-state index contributed by atoms with van der Waals surface area (Å²) in [6, 6.07) is 6.58. The van der Waals surface area contributed by atoms with E-state index >= 15 is 0 Å². The molecule has 1 aromatic heterocycles. The van der Waals surface area contributed by atoms with Gasteiger partial charge in [-0.3, -0.25) is 0 Å². The third-order valence-corrected chi connectivity index (χ3v) is 2.26. The summed E-state index contributed by atoms with van der Waals surface area (Å²) in [7, 11) is 0. The van der Waals surface area contributed by atoms with Crippen LogP contribution in [0.2, 0.25) is 0 Å². The number of halogens is 3. The summed E-state index contributed by atoms with van der Waals surface area (Å²) in [6.07, 6.45) is -3.25. The molecule has 20 heavy (non-hydrogen) atoms. The van der Waals surface area contributed by atoms with Gasteiger partial charge in [0.15, 0.2) is 0 Å². The molecule has 0 spiro atoms. The zero-order chi connectivity index (χ0) is 14.6. The lowest BCUT2D eigenvalue weighted by atomic mass is 10.3. The second-order valence-electron chi connectivity index (χ2n) is 3.69. The molecule has 2 aromatic rings. The summed E-state index contributed by atoms with van der Waals surface area (Å²) >= 11 is 0. The molecule has 0 unspecified atom stereocenters. The molecule has 0 aliphatic rings. The van der Waals surface area contributed by atoms with Crippen LogP contribution in [-0.2, 0) is 6.54 Å². The normalized spacial score (nSPS) is 11.2. The largest absolute Gasteiger partial charge is 0.573 e. The van der Waals surface area contributed by atoms with E-state index in [1.807, 2.05) is 0 Å². The van der Waals surface area contributed by atoms with Crippen LogP contribution >= 0.6 is 0 Å². The van der Waals surface area contributed by atoms with Gasteiger partial charge < -0.3 is 15.2 Å². The molecule has 2 N–H and O–H groups in total. The monoisotopic (exact) mass is 285 g/mol. The maximum absolute atomic E-state index is 12.0. The summed E-state index contributed by atoms with van der Waals surface area (Å²) in [5, 5.41) is 7.41.